The Morgan fingerprint density at radius 2 is 1.89 bits per heavy atom. The van der Waals surface area contributed by atoms with Gasteiger partial charge in [0.05, 0.1) is 28.7 Å². The lowest BCUT2D eigenvalue weighted by Gasteiger charge is -2.53. The van der Waals surface area contributed by atoms with Crippen LogP contribution >= 0.6 is 0 Å². The molecule has 1 aliphatic heterocycles. The van der Waals surface area contributed by atoms with Crippen molar-refractivity contribution in [2.75, 3.05) is 5.32 Å². The van der Waals surface area contributed by atoms with Crippen LogP contribution in [-0.4, -0.2) is 27.1 Å². The van der Waals surface area contributed by atoms with E-state index in [2.05, 4.69) is 92.5 Å². The first kappa shape index (κ1) is 23.3. The predicted molar refractivity (Wildman–Crippen MR) is 143 cm³/mol. The molecule has 0 saturated heterocycles. The van der Waals surface area contributed by atoms with Crippen molar-refractivity contribution in [3.8, 4) is 17.3 Å². The summed E-state index contributed by atoms with van der Waals surface area (Å²) in [5.41, 5.74) is 8.64. The average Bonchev–Trinajstić information content (AvgIpc) is 3.42. The maximum Gasteiger partial charge on any atom is 0.101 e. The molecule has 2 aromatic heterocycles. The molecule has 1 N–H and O–H groups in total. The molecular weight excluding hydrogens is 432 g/mol. The Balaban J connectivity index is 1.40. The van der Waals surface area contributed by atoms with Crippen molar-refractivity contribution in [3.05, 3.63) is 53.7 Å². The molecule has 0 unspecified atom stereocenters. The zero-order valence-electron chi connectivity index (χ0n) is 21.6. The van der Waals surface area contributed by atoms with Crippen LogP contribution in [0.1, 0.15) is 71.9 Å². The molecule has 1 saturated carbocycles. The van der Waals surface area contributed by atoms with Crippen LogP contribution in [-0.2, 0) is 0 Å². The second kappa shape index (κ2) is 8.34. The van der Waals surface area contributed by atoms with Gasteiger partial charge in [-0.15, -0.1) is 0 Å². The first-order chi connectivity index (χ1) is 16.6. The summed E-state index contributed by atoms with van der Waals surface area (Å²) in [4.78, 5) is 0. The molecule has 6 nitrogen and oxygen atoms in total. The van der Waals surface area contributed by atoms with E-state index in [9.17, 15) is 5.26 Å². The van der Waals surface area contributed by atoms with Gasteiger partial charge in [0.2, 0.25) is 0 Å². The summed E-state index contributed by atoms with van der Waals surface area (Å²) in [6, 6.07) is 14.8. The molecule has 0 bridgehead atoms. The van der Waals surface area contributed by atoms with E-state index in [1.54, 1.807) is 6.20 Å². The molecule has 0 spiro atoms. The second-order valence-corrected chi connectivity index (χ2v) is 11.7. The zero-order valence-corrected chi connectivity index (χ0v) is 21.6. The van der Waals surface area contributed by atoms with Crippen LogP contribution in [0, 0.1) is 28.1 Å². The van der Waals surface area contributed by atoms with Gasteiger partial charge in [0.1, 0.15) is 6.07 Å². The van der Waals surface area contributed by atoms with Crippen LogP contribution in [0.2, 0.25) is 0 Å². The quantitative estimate of drug-likeness (QED) is 0.454. The van der Waals surface area contributed by atoms with Gasteiger partial charge < -0.3 is 5.32 Å². The number of hydrogen-bond donors (Lipinski definition) is 1. The molecule has 3 aromatic rings. The van der Waals surface area contributed by atoms with Gasteiger partial charge in [-0.3, -0.25) is 0 Å². The van der Waals surface area contributed by atoms with Crippen molar-refractivity contribution in [1.82, 2.24) is 9.61 Å². The highest BCUT2D eigenvalue weighted by molar-refractivity contribution is 6.18. The van der Waals surface area contributed by atoms with E-state index < -0.39 is 0 Å². The minimum absolute atomic E-state index is 0.283. The molecule has 5 rings (SSSR count). The minimum Gasteiger partial charge on any atom is -0.382 e. The maximum absolute atomic E-state index is 9.18. The van der Waals surface area contributed by atoms with E-state index in [-0.39, 0.29) is 6.04 Å². The van der Waals surface area contributed by atoms with Gasteiger partial charge in [-0.2, -0.15) is 20.6 Å². The van der Waals surface area contributed by atoms with Crippen molar-refractivity contribution >= 4 is 22.6 Å². The van der Waals surface area contributed by atoms with E-state index in [1.165, 1.54) is 18.6 Å². The van der Waals surface area contributed by atoms with Gasteiger partial charge in [-0.1, -0.05) is 39.8 Å². The fourth-order valence-electron chi connectivity index (χ4n) is 5.28. The number of aromatic nitrogens is 2. The summed E-state index contributed by atoms with van der Waals surface area (Å²) in [6.45, 7) is 13.7. The Morgan fingerprint density at radius 3 is 2.57 bits per heavy atom. The van der Waals surface area contributed by atoms with Gasteiger partial charge in [0.15, 0.2) is 0 Å². The van der Waals surface area contributed by atoms with Gasteiger partial charge in [-0.25, -0.2) is 4.52 Å². The highest BCUT2D eigenvalue weighted by atomic mass is 15.2. The standard InChI is InChI=1S/C29H34N6/c1-18(2)32-25-12-20(27-10-8-22-11-19(16-30)17-31-35(22)27)7-9-23(25)26-13-24(33-34-26)21-14-29(6,15-21)28(3,4)5/h7-12,17-18,21,32H,13-15H2,1-6H3. The summed E-state index contributed by atoms with van der Waals surface area (Å²) in [5.74, 6) is 0.540. The molecule has 0 radical (unpaired) electrons. The summed E-state index contributed by atoms with van der Waals surface area (Å²) in [5, 5.41) is 26.6. The van der Waals surface area contributed by atoms with Crippen molar-refractivity contribution in [1.29, 1.82) is 5.26 Å². The van der Waals surface area contributed by atoms with Crippen molar-refractivity contribution in [3.63, 3.8) is 0 Å². The smallest absolute Gasteiger partial charge is 0.101 e. The fraction of sp³-hybridized carbons (Fsp3) is 0.448. The summed E-state index contributed by atoms with van der Waals surface area (Å²) in [7, 11) is 0. The number of nitrogens with zero attached hydrogens (tertiary/aromatic N) is 5. The summed E-state index contributed by atoms with van der Waals surface area (Å²) < 4.78 is 1.88. The van der Waals surface area contributed by atoms with Crippen LogP contribution in [0.4, 0.5) is 5.69 Å². The number of anilines is 1. The topological polar surface area (TPSA) is 77.8 Å². The molecule has 2 aliphatic rings. The second-order valence-electron chi connectivity index (χ2n) is 11.7. The van der Waals surface area contributed by atoms with Gasteiger partial charge >= 0.3 is 0 Å². The summed E-state index contributed by atoms with van der Waals surface area (Å²) >= 11 is 0. The SMILES string of the molecule is CC(C)Nc1cc(-c2ccc3cc(C#N)cnn23)ccc1C1=NN=C(C2CC(C)(C(C)(C)C)C2)C1. The molecule has 0 amide bonds. The lowest BCUT2D eigenvalue weighted by molar-refractivity contribution is -0.00796. The number of nitriles is 1. The highest BCUT2D eigenvalue weighted by Crippen LogP contribution is 2.57. The Kier molecular flexibility index (Phi) is 5.55. The van der Waals surface area contributed by atoms with Gasteiger partial charge in [0.25, 0.3) is 0 Å². The Bertz CT molecular complexity index is 1390. The zero-order chi connectivity index (χ0) is 25.0. The third-order valence-corrected chi connectivity index (χ3v) is 8.02. The lowest BCUT2D eigenvalue weighted by atomic mass is 9.51. The normalized spacial score (nSPS) is 22.1. The third kappa shape index (κ3) is 4.14. The molecule has 1 aliphatic carbocycles. The van der Waals surface area contributed by atoms with Gasteiger partial charge in [0, 0.05) is 40.9 Å². The third-order valence-electron chi connectivity index (χ3n) is 8.02. The number of nitrogens with one attached hydrogen (secondary N) is 1. The van der Waals surface area contributed by atoms with Crippen LogP contribution in [0.25, 0.3) is 16.8 Å². The van der Waals surface area contributed by atoms with Crippen LogP contribution in [0.15, 0.2) is 52.8 Å². The van der Waals surface area contributed by atoms with Crippen LogP contribution in [0.3, 0.4) is 0 Å². The monoisotopic (exact) mass is 466 g/mol. The molecule has 0 atom stereocenters. The maximum atomic E-state index is 9.18. The molecular formula is C29H34N6. The summed E-state index contributed by atoms with van der Waals surface area (Å²) in [6.07, 6.45) is 4.81. The van der Waals surface area contributed by atoms with E-state index in [0.29, 0.717) is 22.3 Å². The molecule has 3 heterocycles. The number of hydrogen-bond acceptors (Lipinski definition) is 5. The fourth-order valence-corrected chi connectivity index (χ4v) is 5.28. The Labute approximate surface area is 207 Å². The average molecular weight is 467 g/mol. The van der Waals surface area contributed by atoms with Crippen LogP contribution in [0.5, 0.6) is 0 Å². The molecule has 1 fully saturated rings. The lowest BCUT2D eigenvalue weighted by Crippen LogP contribution is -2.47. The Hall–Kier alpha value is -3.46. The predicted octanol–water partition coefficient (Wildman–Crippen LogP) is 6.70. The van der Waals surface area contributed by atoms with E-state index >= 15 is 0 Å². The highest BCUT2D eigenvalue weighted by Gasteiger charge is 2.50. The first-order valence-corrected chi connectivity index (χ1v) is 12.5. The van der Waals surface area contributed by atoms with Crippen molar-refractivity contribution < 1.29 is 0 Å². The number of benzene rings is 1. The van der Waals surface area contributed by atoms with E-state index in [4.69, 9.17) is 0 Å². The molecule has 35 heavy (non-hydrogen) atoms. The first-order valence-electron chi connectivity index (χ1n) is 12.5. The largest absolute Gasteiger partial charge is 0.382 e. The van der Waals surface area contributed by atoms with Crippen molar-refractivity contribution in [2.45, 2.75) is 66.8 Å². The molecule has 180 valence electrons. The Morgan fingerprint density at radius 1 is 1.11 bits per heavy atom. The molecule has 1 aromatic carbocycles. The van der Waals surface area contributed by atoms with Gasteiger partial charge in [-0.05, 0) is 61.8 Å². The number of fused-ring (bicyclic) bond motifs is 1. The van der Waals surface area contributed by atoms with E-state index in [1.807, 2.05) is 16.6 Å². The van der Waals surface area contributed by atoms with Crippen LogP contribution < -0.4 is 5.32 Å². The van der Waals surface area contributed by atoms with Crippen molar-refractivity contribution in [2.24, 2.45) is 27.0 Å². The number of rotatable bonds is 5. The molecule has 6 heteroatoms. The van der Waals surface area contributed by atoms with E-state index in [0.717, 1.165) is 40.2 Å². The minimum atomic E-state index is 0.283.